The number of benzene rings is 2. The predicted molar refractivity (Wildman–Crippen MR) is 107 cm³/mol. The molecule has 0 heterocycles. The van der Waals surface area contributed by atoms with Crippen LogP contribution in [0.25, 0.3) is 0 Å². The van der Waals surface area contributed by atoms with Gasteiger partial charge in [-0.25, -0.2) is 0 Å². The van der Waals surface area contributed by atoms with Gasteiger partial charge < -0.3 is 15.0 Å². The number of hydrogen-bond acceptors (Lipinski definition) is 3. The summed E-state index contributed by atoms with van der Waals surface area (Å²) in [6, 6.07) is 14.1. The molecule has 5 nitrogen and oxygen atoms in total. The monoisotopic (exact) mass is 388 g/mol. The van der Waals surface area contributed by atoms with Gasteiger partial charge in [0.25, 0.3) is 5.91 Å². The Morgan fingerprint density at radius 1 is 1.19 bits per heavy atom. The van der Waals surface area contributed by atoms with Gasteiger partial charge in [0, 0.05) is 18.1 Å². The number of rotatable bonds is 8. The molecule has 0 bridgehead atoms. The topological polar surface area (TPSA) is 58.6 Å². The first-order valence-corrected chi connectivity index (χ1v) is 9.29. The summed E-state index contributed by atoms with van der Waals surface area (Å²) < 4.78 is 5.57. The lowest BCUT2D eigenvalue weighted by Crippen LogP contribution is -2.49. The van der Waals surface area contributed by atoms with Crippen LogP contribution in [0.1, 0.15) is 25.0 Å². The molecule has 0 saturated carbocycles. The molecule has 2 rings (SSSR count). The first kappa shape index (κ1) is 20.8. The number of ether oxygens (including phenoxy) is 1. The van der Waals surface area contributed by atoms with Gasteiger partial charge in [0.05, 0.1) is 0 Å². The van der Waals surface area contributed by atoms with Gasteiger partial charge in [-0.15, -0.1) is 0 Å². The Morgan fingerprint density at radius 3 is 2.59 bits per heavy atom. The zero-order chi connectivity index (χ0) is 19.8. The Balaban J connectivity index is 2.14. The first-order chi connectivity index (χ1) is 12.9. The highest BCUT2D eigenvalue weighted by molar-refractivity contribution is 6.30. The number of likely N-dealkylation sites (N-methyl/N-ethyl adjacent to an activating group) is 1. The zero-order valence-corrected chi connectivity index (χ0v) is 16.6. The van der Waals surface area contributed by atoms with Gasteiger partial charge in [-0.3, -0.25) is 9.59 Å². The van der Waals surface area contributed by atoms with Crippen LogP contribution in [0.2, 0.25) is 5.02 Å². The van der Waals surface area contributed by atoms with Gasteiger partial charge in [-0.2, -0.15) is 0 Å². The molecule has 144 valence electrons. The molecule has 0 aliphatic carbocycles. The Kier molecular flexibility index (Phi) is 7.67. The van der Waals surface area contributed by atoms with E-state index in [0.29, 0.717) is 23.9 Å². The fraction of sp³-hybridized carbons (Fsp3) is 0.333. The number of nitrogens with one attached hydrogen (secondary N) is 1. The average Bonchev–Trinajstić information content (AvgIpc) is 2.64. The zero-order valence-electron chi connectivity index (χ0n) is 15.9. The summed E-state index contributed by atoms with van der Waals surface area (Å²) in [5.74, 6) is 0.0495. The van der Waals surface area contributed by atoms with Crippen molar-refractivity contribution >= 4 is 23.4 Å². The van der Waals surface area contributed by atoms with Crippen LogP contribution >= 0.6 is 11.6 Å². The number of amides is 2. The molecule has 1 N–H and O–H groups in total. The van der Waals surface area contributed by atoms with E-state index in [9.17, 15) is 9.59 Å². The summed E-state index contributed by atoms with van der Waals surface area (Å²) in [6.07, 6.45) is 0. The molecule has 0 spiro atoms. The van der Waals surface area contributed by atoms with Crippen molar-refractivity contribution in [2.45, 2.75) is 33.4 Å². The fourth-order valence-electron chi connectivity index (χ4n) is 2.70. The second kappa shape index (κ2) is 9.97. The van der Waals surface area contributed by atoms with Gasteiger partial charge in [-0.05, 0) is 44.5 Å². The number of halogens is 1. The maximum Gasteiger partial charge on any atom is 0.261 e. The summed E-state index contributed by atoms with van der Waals surface area (Å²) in [5.41, 5.74) is 2.06. The minimum atomic E-state index is -0.610. The number of hydrogen-bond donors (Lipinski definition) is 1. The third-order valence-corrected chi connectivity index (χ3v) is 4.35. The Labute approximate surface area is 165 Å². The van der Waals surface area contributed by atoms with Crippen LogP contribution in [0, 0.1) is 6.92 Å². The van der Waals surface area contributed by atoms with E-state index in [1.54, 1.807) is 31.2 Å². The van der Waals surface area contributed by atoms with Crippen LogP contribution in [0.15, 0.2) is 48.5 Å². The molecule has 1 atom stereocenters. The van der Waals surface area contributed by atoms with Gasteiger partial charge in [0.2, 0.25) is 5.91 Å². The average molecular weight is 389 g/mol. The van der Waals surface area contributed by atoms with Gasteiger partial charge in [-0.1, -0.05) is 47.5 Å². The highest BCUT2D eigenvalue weighted by atomic mass is 35.5. The van der Waals surface area contributed by atoms with Crippen molar-refractivity contribution in [2.75, 3.05) is 13.2 Å². The maximum absolute atomic E-state index is 12.8. The number of nitrogens with zero attached hydrogens (tertiary/aromatic N) is 1. The van der Waals surface area contributed by atoms with Crippen LogP contribution in [-0.2, 0) is 16.1 Å². The van der Waals surface area contributed by atoms with E-state index in [2.05, 4.69) is 5.32 Å². The van der Waals surface area contributed by atoms with Crippen LogP contribution in [-0.4, -0.2) is 35.9 Å². The molecule has 0 fully saturated rings. The van der Waals surface area contributed by atoms with Crippen molar-refractivity contribution in [2.24, 2.45) is 0 Å². The SMILES string of the molecule is CCNC(=O)[C@H](C)N(Cc1cccc(C)c1)C(=O)COc1cccc(Cl)c1. The van der Waals surface area contributed by atoms with Crippen molar-refractivity contribution in [3.05, 3.63) is 64.7 Å². The summed E-state index contributed by atoms with van der Waals surface area (Å²) >= 11 is 5.94. The normalized spacial score (nSPS) is 11.6. The Bertz CT molecular complexity index is 795. The standard InChI is InChI=1S/C21H25ClN2O3/c1-4-23-21(26)16(3)24(13-17-8-5-7-15(2)11-17)20(25)14-27-19-10-6-9-18(22)12-19/h5-12,16H,4,13-14H2,1-3H3,(H,23,26)/t16-/m0/s1. The minimum absolute atomic E-state index is 0.171. The first-order valence-electron chi connectivity index (χ1n) is 8.91. The number of aryl methyl sites for hydroxylation is 1. The quantitative estimate of drug-likeness (QED) is 0.751. The van der Waals surface area contributed by atoms with Crippen molar-refractivity contribution in [1.82, 2.24) is 10.2 Å². The van der Waals surface area contributed by atoms with E-state index in [-0.39, 0.29) is 18.4 Å². The van der Waals surface area contributed by atoms with Gasteiger partial charge in [0.15, 0.2) is 6.61 Å². The molecule has 0 aliphatic heterocycles. The lowest BCUT2D eigenvalue weighted by Gasteiger charge is -2.28. The minimum Gasteiger partial charge on any atom is -0.484 e. The highest BCUT2D eigenvalue weighted by Gasteiger charge is 2.26. The second-order valence-corrected chi connectivity index (χ2v) is 6.76. The Hall–Kier alpha value is -2.53. The summed E-state index contributed by atoms with van der Waals surface area (Å²) in [4.78, 5) is 26.7. The number of carbonyl (C=O) groups is 2. The van der Waals surface area contributed by atoms with E-state index in [0.717, 1.165) is 11.1 Å². The van der Waals surface area contributed by atoms with Gasteiger partial charge >= 0.3 is 0 Å². The van der Waals surface area contributed by atoms with E-state index < -0.39 is 6.04 Å². The van der Waals surface area contributed by atoms with E-state index in [4.69, 9.17) is 16.3 Å². The smallest absolute Gasteiger partial charge is 0.261 e. The third kappa shape index (κ3) is 6.29. The molecule has 27 heavy (non-hydrogen) atoms. The molecule has 0 aromatic heterocycles. The summed E-state index contributed by atoms with van der Waals surface area (Å²) in [5, 5.41) is 3.30. The largest absolute Gasteiger partial charge is 0.484 e. The lowest BCUT2D eigenvalue weighted by atomic mass is 10.1. The molecule has 0 saturated heterocycles. The van der Waals surface area contributed by atoms with Crippen molar-refractivity contribution in [3.63, 3.8) is 0 Å². The van der Waals surface area contributed by atoms with Crippen molar-refractivity contribution in [1.29, 1.82) is 0 Å². The van der Waals surface area contributed by atoms with Gasteiger partial charge in [0.1, 0.15) is 11.8 Å². The molecular weight excluding hydrogens is 364 g/mol. The summed E-state index contributed by atoms with van der Waals surface area (Å²) in [7, 11) is 0. The fourth-order valence-corrected chi connectivity index (χ4v) is 2.88. The molecule has 2 aromatic carbocycles. The van der Waals surface area contributed by atoms with Crippen LogP contribution in [0.3, 0.4) is 0 Å². The predicted octanol–water partition coefficient (Wildman–Crippen LogP) is 3.58. The molecular formula is C21H25ClN2O3. The molecule has 0 unspecified atom stereocenters. The number of carbonyl (C=O) groups excluding carboxylic acids is 2. The van der Waals surface area contributed by atoms with Crippen LogP contribution in [0.5, 0.6) is 5.75 Å². The maximum atomic E-state index is 12.8. The van der Waals surface area contributed by atoms with Crippen LogP contribution < -0.4 is 10.1 Å². The third-order valence-electron chi connectivity index (χ3n) is 4.11. The summed E-state index contributed by atoms with van der Waals surface area (Å²) in [6.45, 7) is 6.23. The molecule has 0 radical (unpaired) electrons. The molecule has 0 aliphatic rings. The lowest BCUT2D eigenvalue weighted by molar-refractivity contribution is -0.142. The molecule has 6 heteroatoms. The molecule has 2 aromatic rings. The van der Waals surface area contributed by atoms with Crippen molar-refractivity contribution < 1.29 is 14.3 Å². The molecule has 2 amide bonds. The van der Waals surface area contributed by atoms with Crippen molar-refractivity contribution in [3.8, 4) is 5.75 Å². The highest BCUT2D eigenvalue weighted by Crippen LogP contribution is 2.18. The second-order valence-electron chi connectivity index (χ2n) is 6.33. The Morgan fingerprint density at radius 2 is 1.93 bits per heavy atom. The van der Waals surface area contributed by atoms with E-state index >= 15 is 0 Å². The van der Waals surface area contributed by atoms with Crippen LogP contribution in [0.4, 0.5) is 0 Å². The van der Waals surface area contributed by atoms with E-state index in [1.807, 2.05) is 38.1 Å². The van der Waals surface area contributed by atoms with E-state index in [1.165, 1.54) is 4.90 Å².